The third kappa shape index (κ3) is 3.95. The minimum Gasteiger partial charge on any atom is -0.455 e. The fourth-order valence-electron chi connectivity index (χ4n) is 1.81. The second-order valence-corrected chi connectivity index (χ2v) is 6.96. The topological polar surface area (TPSA) is 76.4 Å². The van der Waals surface area contributed by atoms with E-state index in [0.29, 0.717) is 0 Å². The molecular weight excluding hydrogens is 290 g/mol. The summed E-state index contributed by atoms with van der Waals surface area (Å²) >= 11 is 0. The highest BCUT2D eigenvalue weighted by Crippen LogP contribution is 2.18. The molecule has 1 aromatic carbocycles. The zero-order valence-corrected chi connectivity index (χ0v) is 12.7. The maximum absolute atomic E-state index is 12.2. The predicted octanol–water partition coefficient (Wildman–Crippen LogP) is 2.39. The summed E-state index contributed by atoms with van der Waals surface area (Å²) in [4.78, 5) is 12.0. The van der Waals surface area contributed by atoms with E-state index in [-0.39, 0.29) is 34.1 Å². The Balaban J connectivity index is 2.14. The Morgan fingerprint density at radius 2 is 1.81 bits per heavy atom. The number of amides is 1. The van der Waals surface area contributed by atoms with E-state index in [1.165, 1.54) is 24.3 Å². The summed E-state index contributed by atoms with van der Waals surface area (Å²) in [7, 11) is -3.47. The highest BCUT2D eigenvalue weighted by molar-refractivity contribution is 7.90. The molecule has 0 unspecified atom stereocenters. The Kier molecular flexibility index (Phi) is 4.47. The van der Waals surface area contributed by atoms with Gasteiger partial charge in [-0.3, -0.25) is 4.79 Å². The van der Waals surface area contributed by atoms with E-state index >= 15 is 0 Å². The number of sulfone groups is 1. The van der Waals surface area contributed by atoms with Crippen molar-refractivity contribution in [2.75, 3.05) is 0 Å². The molecule has 0 bridgehead atoms. The number of carbonyl (C=O) groups is 1. The Bertz CT molecular complexity index is 717. The van der Waals surface area contributed by atoms with Gasteiger partial charge < -0.3 is 9.73 Å². The summed E-state index contributed by atoms with van der Waals surface area (Å²) in [6, 6.07) is 11.1. The van der Waals surface area contributed by atoms with Crippen molar-refractivity contribution in [2.45, 2.75) is 30.5 Å². The van der Waals surface area contributed by atoms with Gasteiger partial charge in [-0.1, -0.05) is 18.2 Å². The van der Waals surface area contributed by atoms with Crippen molar-refractivity contribution in [3.05, 3.63) is 54.0 Å². The molecule has 0 saturated heterocycles. The summed E-state index contributed by atoms with van der Waals surface area (Å²) < 4.78 is 29.7. The normalized spacial score (nSPS) is 11.6. The van der Waals surface area contributed by atoms with Crippen LogP contribution in [-0.2, 0) is 15.6 Å². The summed E-state index contributed by atoms with van der Waals surface area (Å²) in [6.07, 6.45) is 0. The lowest BCUT2D eigenvalue weighted by molar-refractivity contribution is 0.0913. The van der Waals surface area contributed by atoms with Crippen LogP contribution in [0.5, 0.6) is 0 Å². The lowest BCUT2D eigenvalue weighted by Crippen LogP contribution is -2.29. The minimum absolute atomic E-state index is 0.0147. The van der Waals surface area contributed by atoms with Crippen LogP contribution in [0.15, 0.2) is 51.8 Å². The van der Waals surface area contributed by atoms with Crippen LogP contribution in [0.3, 0.4) is 0 Å². The van der Waals surface area contributed by atoms with Gasteiger partial charge in [-0.25, -0.2) is 8.42 Å². The van der Waals surface area contributed by atoms with Crippen LogP contribution in [0.25, 0.3) is 0 Å². The molecule has 0 atom stereocenters. The largest absolute Gasteiger partial charge is 0.455 e. The van der Waals surface area contributed by atoms with Crippen LogP contribution in [0.4, 0.5) is 0 Å². The molecule has 5 nitrogen and oxygen atoms in total. The van der Waals surface area contributed by atoms with Crippen molar-refractivity contribution in [2.24, 2.45) is 0 Å². The van der Waals surface area contributed by atoms with E-state index in [1.54, 1.807) is 18.2 Å². The van der Waals surface area contributed by atoms with Crippen LogP contribution in [0.1, 0.15) is 30.2 Å². The molecule has 0 spiro atoms. The van der Waals surface area contributed by atoms with E-state index < -0.39 is 9.84 Å². The summed E-state index contributed by atoms with van der Waals surface area (Å²) in [5.74, 6) is -0.269. The van der Waals surface area contributed by atoms with Gasteiger partial charge in [0.25, 0.3) is 5.91 Å². The van der Waals surface area contributed by atoms with Crippen LogP contribution in [0.2, 0.25) is 0 Å². The third-order valence-corrected chi connectivity index (χ3v) is 4.39. The van der Waals surface area contributed by atoms with Gasteiger partial charge in [-0.15, -0.1) is 0 Å². The van der Waals surface area contributed by atoms with Crippen LogP contribution < -0.4 is 5.32 Å². The summed E-state index contributed by atoms with van der Waals surface area (Å²) in [5.41, 5.74) is 0. The van der Waals surface area contributed by atoms with E-state index in [2.05, 4.69) is 5.32 Å². The van der Waals surface area contributed by atoms with Gasteiger partial charge in [-0.05, 0) is 38.1 Å². The maximum Gasteiger partial charge on any atom is 0.287 e. The molecule has 6 heteroatoms. The fourth-order valence-corrected chi connectivity index (χ4v) is 3.08. The van der Waals surface area contributed by atoms with Gasteiger partial charge in [-0.2, -0.15) is 0 Å². The van der Waals surface area contributed by atoms with Gasteiger partial charge in [0.15, 0.2) is 15.6 Å². The third-order valence-electron chi connectivity index (χ3n) is 2.74. The first kappa shape index (κ1) is 15.3. The molecular formula is C15H17NO4S. The molecule has 0 saturated carbocycles. The van der Waals surface area contributed by atoms with Crippen molar-refractivity contribution in [1.29, 1.82) is 0 Å². The molecule has 2 aromatic rings. The molecule has 112 valence electrons. The van der Waals surface area contributed by atoms with Crippen LogP contribution >= 0.6 is 0 Å². The van der Waals surface area contributed by atoms with Crippen molar-refractivity contribution < 1.29 is 17.6 Å². The second kappa shape index (κ2) is 6.13. The van der Waals surface area contributed by atoms with E-state index in [1.807, 2.05) is 13.8 Å². The Hall–Kier alpha value is -2.08. The van der Waals surface area contributed by atoms with Crippen molar-refractivity contribution in [3.63, 3.8) is 0 Å². The maximum atomic E-state index is 12.2. The zero-order chi connectivity index (χ0) is 15.5. The van der Waals surface area contributed by atoms with Crippen LogP contribution in [0, 0.1) is 0 Å². The zero-order valence-electron chi connectivity index (χ0n) is 11.9. The number of furan rings is 1. The van der Waals surface area contributed by atoms with Crippen molar-refractivity contribution >= 4 is 15.7 Å². The highest BCUT2D eigenvalue weighted by Gasteiger charge is 2.19. The average Bonchev–Trinajstić information content (AvgIpc) is 2.87. The number of nitrogens with one attached hydrogen (secondary N) is 1. The lowest BCUT2D eigenvalue weighted by atomic mass is 10.3. The van der Waals surface area contributed by atoms with Crippen LogP contribution in [-0.4, -0.2) is 20.4 Å². The Labute approximate surface area is 123 Å². The van der Waals surface area contributed by atoms with E-state index in [4.69, 9.17) is 4.42 Å². The number of hydrogen-bond acceptors (Lipinski definition) is 4. The molecule has 0 radical (unpaired) electrons. The Morgan fingerprint density at radius 3 is 2.43 bits per heavy atom. The van der Waals surface area contributed by atoms with Gasteiger partial charge in [0.2, 0.25) is 0 Å². The predicted molar refractivity (Wildman–Crippen MR) is 78.6 cm³/mol. The first-order valence-corrected chi connectivity index (χ1v) is 8.21. The molecule has 0 aliphatic rings. The van der Waals surface area contributed by atoms with Crippen molar-refractivity contribution in [3.8, 4) is 0 Å². The van der Waals surface area contributed by atoms with Gasteiger partial charge >= 0.3 is 0 Å². The average molecular weight is 307 g/mol. The first-order valence-electron chi connectivity index (χ1n) is 6.56. The molecule has 1 N–H and O–H groups in total. The number of hydrogen-bond donors (Lipinski definition) is 1. The van der Waals surface area contributed by atoms with Gasteiger partial charge in [0.1, 0.15) is 11.5 Å². The molecule has 1 heterocycles. The minimum atomic E-state index is -3.47. The monoisotopic (exact) mass is 307 g/mol. The number of carbonyl (C=O) groups excluding carboxylic acids is 1. The second-order valence-electron chi connectivity index (χ2n) is 4.97. The smallest absolute Gasteiger partial charge is 0.287 e. The number of benzene rings is 1. The molecule has 1 aromatic heterocycles. The fraction of sp³-hybridized carbons (Fsp3) is 0.267. The number of rotatable bonds is 5. The van der Waals surface area contributed by atoms with Crippen molar-refractivity contribution in [1.82, 2.24) is 5.32 Å². The lowest BCUT2D eigenvalue weighted by Gasteiger charge is -2.05. The molecule has 0 aliphatic carbocycles. The van der Waals surface area contributed by atoms with Gasteiger partial charge in [0.05, 0.1) is 4.90 Å². The molecule has 0 aliphatic heterocycles. The first-order chi connectivity index (χ1) is 9.88. The quantitative estimate of drug-likeness (QED) is 0.920. The molecule has 21 heavy (non-hydrogen) atoms. The Morgan fingerprint density at radius 1 is 1.14 bits per heavy atom. The molecule has 0 fully saturated rings. The standard InChI is InChI=1S/C15H17NO4S/c1-11(2)16-15(17)14-9-8-12(20-14)10-21(18,19)13-6-4-3-5-7-13/h3-9,11H,10H2,1-2H3,(H,16,17). The van der Waals surface area contributed by atoms with E-state index in [9.17, 15) is 13.2 Å². The highest BCUT2D eigenvalue weighted by atomic mass is 32.2. The van der Waals surface area contributed by atoms with Gasteiger partial charge in [0, 0.05) is 6.04 Å². The molecule has 2 rings (SSSR count). The molecule has 1 amide bonds. The summed E-state index contributed by atoms with van der Waals surface area (Å²) in [6.45, 7) is 3.67. The van der Waals surface area contributed by atoms with E-state index in [0.717, 1.165) is 0 Å². The summed E-state index contributed by atoms with van der Waals surface area (Å²) in [5, 5.41) is 2.68. The SMILES string of the molecule is CC(C)NC(=O)c1ccc(CS(=O)(=O)c2ccccc2)o1.